The van der Waals surface area contributed by atoms with Gasteiger partial charge in [-0.3, -0.25) is 4.98 Å². The molecule has 3 rings (SSSR count). The van der Waals surface area contributed by atoms with Crippen molar-refractivity contribution in [2.45, 2.75) is 20.8 Å². The third-order valence-corrected chi connectivity index (χ3v) is 3.16. The second-order valence-corrected chi connectivity index (χ2v) is 4.73. The van der Waals surface area contributed by atoms with Crippen molar-refractivity contribution in [2.24, 2.45) is 0 Å². The Hall–Kier alpha value is -2.16. The van der Waals surface area contributed by atoms with E-state index in [1.807, 2.05) is 19.1 Å². The summed E-state index contributed by atoms with van der Waals surface area (Å²) in [5.41, 5.74) is 6.60. The molecule has 0 saturated heterocycles. The summed E-state index contributed by atoms with van der Waals surface area (Å²) in [6, 6.07) is 8.26. The summed E-state index contributed by atoms with van der Waals surface area (Å²) < 4.78 is 0. The maximum Gasteiger partial charge on any atom is 0.157 e. The number of aryl methyl sites for hydroxylation is 3. The average molecular weight is 237 g/mol. The number of aromatic amines is 1. The summed E-state index contributed by atoms with van der Waals surface area (Å²) >= 11 is 0. The second kappa shape index (κ2) is 3.95. The first kappa shape index (κ1) is 11.0. The average Bonchev–Trinajstić information content (AvgIpc) is 2.73. The van der Waals surface area contributed by atoms with Crippen LogP contribution in [0.1, 0.15) is 16.7 Å². The third kappa shape index (κ3) is 1.68. The monoisotopic (exact) mass is 237 g/mol. The fraction of sp³-hybridized carbons (Fsp3) is 0.200. The number of benzene rings is 1. The molecule has 0 amide bonds. The zero-order chi connectivity index (χ0) is 12.7. The van der Waals surface area contributed by atoms with Gasteiger partial charge in [-0.2, -0.15) is 0 Å². The molecule has 3 heteroatoms. The number of nitrogens with one attached hydrogen (secondary N) is 1. The molecule has 2 heterocycles. The minimum Gasteiger partial charge on any atom is -0.337 e. The highest BCUT2D eigenvalue weighted by molar-refractivity contribution is 5.82. The molecule has 0 aliphatic carbocycles. The quantitative estimate of drug-likeness (QED) is 0.703. The first-order valence-electron chi connectivity index (χ1n) is 6.04. The van der Waals surface area contributed by atoms with Gasteiger partial charge in [0.25, 0.3) is 0 Å². The smallest absolute Gasteiger partial charge is 0.157 e. The van der Waals surface area contributed by atoms with Crippen LogP contribution >= 0.6 is 0 Å². The summed E-state index contributed by atoms with van der Waals surface area (Å²) in [7, 11) is 0. The van der Waals surface area contributed by atoms with Crippen LogP contribution in [0.2, 0.25) is 0 Å². The lowest BCUT2D eigenvalue weighted by Crippen LogP contribution is -1.88. The molecule has 0 saturated carbocycles. The Bertz CT molecular complexity index is 726. The van der Waals surface area contributed by atoms with Gasteiger partial charge < -0.3 is 4.98 Å². The van der Waals surface area contributed by atoms with Gasteiger partial charge in [0.15, 0.2) is 5.82 Å². The van der Waals surface area contributed by atoms with Crippen molar-refractivity contribution >= 4 is 11.0 Å². The number of pyridine rings is 1. The Balaban J connectivity index is 2.26. The molecule has 2 aromatic heterocycles. The van der Waals surface area contributed by atoms with Gasteiger partial charge in [0, 0.05) is 6.20 Å². The number of aromatic nitrogens is 3. The van der Waals surface area contributed by atoms with Crippen LogP contribution in [0.4, 0.5) is 0 Å². The largest absolute Gasteiger partial charge is 0.337 e. The van der Waals surface area contributed by atoms with E-state index in [1.165, 1.54) is 11.1 Å². The summed E-state index contributed by atoms with van der Waals surface area (Å²) in [6.07, 6.45) is 1.80. The minimum absolute atomic E-state index is 0.844. The highest BCUT2D eigenvalue weighted by Crippen LogP contribution is 2.24. The van der Waals surface area contributed by atoms with Crippen LogP contribution in [-0.4, -0.2) is 15.0 Å². The molecule has 1 N–H and O–H groups in total. The van der Waals surface area contributed by atoms with E-state index in [0.717, 1.165) is 28.1 Å². The number of nitrogens with zero attached hydrogens (tertiary/aromatic N) is 2. The van der Waals surface area contributed by atoms with E-state index in [4.69, 9.17) is 0 Å². The van der Waals surface area contributed by atoms with Gasteiger partial charge in [0.1, 0.15) is 5.69 Å². The van der Waals surface area contributed by atoms with E-state index in [1.54, 1.807) is 6.20 Å². The molecular formula is C15H15N3. The van der Waals surface area contributed by atoms with Gasteiger partial charge in [0.05, 0.1) is 11.0 Å². The fourth-order valence-corrected chi connectivity index (χ4v) is 2.32. The van der Waals surface area contributed by atoms with E-state index in [2.05, 4.69) is 40.9 Å². The third-order valence-electron chi connectivity index (χ3n) is 3.16. The first-order valence-corrected chi connectivity index (χ1v) is 6.04. The van der Waals surface area contributed by atoms with Crippen LogP contribution in [-0.2, 0) is 0 Å². The summed E-state index contributed by atoms with van der Waals surface area (Å²) in [6.45, 7) is 6.23. The van der Waals surface area contributed by atoms with Gasteiger partial charge in [0.2, 0.25) is 0 Å². The lowest BCUT2D eigenvalue weighted by atomic mass is 10.1. The normalized spacial score (nSPS) is 11.1. The van der Waals surface area contributed by atoms with Crippen molar-refractivity contribution in [1.29, 1.82) is 0 Å². The van der Waals surface area contributed by atoms with Gasteiger partial charge in [-0.05, 0) is 49.6 Å². The zero-order valence-electron chi connectivity index (χ0n) is 10.8. The van der Waals surface area contributed by atoms with E-state index in [-0.39, 0.29) is 0 Å². The number of rotatable bonds is 1. The maximum absolute atomic E-state index is 4.67. The predicted molar refractivity (Wildman–Crippen MR) is 73.5 cm³/mol. The summed E-state index contributed by atoms with van der Waals surface area (Å²) in [5, 5.41) is 0. The SMILES string of the molecule is Cc1cc(C)c2nc(-c3ncccc3C)[nH]c2c1. The topological polar surface area (TPSA) is 41.6 Å². The molecule has 0 aliphatic heterocycles. The van der Waals surface area contributed by atoms with Crippen LogP contribution in [0.25, 0.3) is 22.6 Å². The Morgan fingerprint density at radius 1 is 1.06 bits per heavy atom. The number of hydrogen-bond acceptors (Lipinski definition) is 2. The van der Waals surface area contributed by atoms with E-state index in [9.17, 15) is 0 Å². The van der Waals surface area contributed by atoms with Crippen molar-refractivity contribution < 1.29 is 0 Å². The molecule has 0 aliphatic rings. The first-order chi connectivity index (χ1) is 8.65. The van der Waals surface area contributed by atoms with Gasteiger partial charge >= 0.3 is 0 Å². The zero-order valence-corrected chi connectivity index (χ0v) is 10.8. The maximum atomic E-state index is 4.67. The molecule has 0 bridgehead atoms. The molecule has 0 spiro atoms. The highest BCUT2D eigenvalue weighted by atomic mass is 14.9. The van der Waals surface area contributed by atoms with E-state index >= 15 is 0 Å². The lowest BCUT2D eigenvalue weighted by Gasteiger charge is -1.98. The van der Waals surface area contributed by atoms with E-state index in [0.29, 0.717) is 0 Å². The van der Waals surface area contributed by atoms with Crippen molar-refractivity contribution in [1.82, 2.24) is 15.0 Å². The van der Waals surface area contributed by atoms with Crippen LogP contribution in [0.15, 0.2) is 30.5 Å². The molecule has 3 aromatic rings. The molecule has 0 fully saturated rings. The lowest BCUT2D eigenvalue weighted by molar-refractivity contribution is 1.20. The highest BCUT2D eigenvalue weighted by Gasteiger charge is 2.10. The molecule has 0 atom stereocenters. The second-order valence-electron chi connectivity index (χ2n) is 4.73. The molecular weight excluding hydrogens is 222 g/mol. The predicted octanol–water partition coefficient (Wildman–Crippen LogP) is 3.55. The Kier molecular flexibility index (Phi) is 2.40. The number of fused-ring (bicyclic) bond motifs is 1. The van der Waals surface area contributed by atoms with E-state index < -0.39 is 0 Å². The van der Waals surface area contributed by atoms with Crippen LogP contribution in [0.5, 0.6) is 0 Å². The van der Waals surface area contributed by atoms with Gasteiger partial charge in [-0.1, -0.05) is 12.1 Å². The van der Waals surface area contributed by atoms with Gasteiger partial charge in [-0.15, -0.1) is 0 Å². The molecule has 90 valence electrons. The Morgan fingerprint density at radius 2 is 1.89 bits per heavy atom. The van der Waals surface area contributed by atoms with Gasteiger partial charge in [-0.25, -0.2) is 4.98 Å². The molecule has 0 unspecified atom stereocenters. The molecule has 18 heavy (non-hydrogen) atoms. The van der Waals surface area contributed by atoms with Crippen LogP contribution in [0.3, 0.4) is 0 Å². The van der Waals surface area contributed by atoms with Crippen molar-refractivity contribution in [3.63, 3.8) is 0 Å². The van der Waals surface area contributed by atoms with Crippen LogP contribution in [0, 0.1) is 20.8 Å². The Morgan fingerprint density at radius 3 is 2.67 bits per heavy atom. The molecule has 3 nitrogen and oxygen atoms in total. The van der Waals surface area contributed by atoms with Crippen molar-refractivity contribution in [3.8, 4) is 11.5 Å². The van der Waals surface area contributed by atoms with Crippen molar-refractivity contribution in [2.75, 3.05) is 0 Å². The molecule has 1 aromatic carbocycles. The fourth-order valence-electron chi connectivity index (χ4n) is 2.32. The van der Waals surface area contributed by atoms with Crippen LogP contribution < -0.4 is 0 Å². The summed E-state index contributed by atoms with van der Waals surface area (Å²) in [5.74, 6) is 0.844. The molecule has 0 radical (unpaired) electrons. The number of imidazole rings is 1. The standard InChI is InChI=1S/C15H15N3/c1-9-7-11(3)13-12(8-9)17-15(18-13)14-10(2)5-4-6-16-14/h4-8H,1-3H3,(H,17,18). The summed E-state index contributed by atoms with van der Waals surface area (Å²) in [4.78, 5) is 12.4. The minimum atomic E-state index is 0.844. The van der Waals surface area contributed by atoms with Crippen molar-refractivity contribution in [3.05, 3.63) is 47.2 Å². The number of H-pyrrole nitrogens is 1. The Labute approximate surface area is 106 Å². The number of hydrogen-bond donors (Lipinski definition) is 1.